The Morgan fingerprint density at radius 2 is 1.89 bits per heavy atom. The molecule has 12 heteroatoms. The summed E-state index contributed by atoms with van der Waals surface area (Å²) in [6, 6.07) is 15.3. The molecule has 0 spiro atoms. The number of imidazole rings is 2. The van der Waals surface area contributed by atoms with Crippen molar-refractivity contribution in [2.24, 2.45) is 0 Å². The van der Waals surface area contributed by atoms with Crippen molar-refractivity contribution in [3.05, 3.63) is 106 Å². The van der Waals surface area contributed by atoms with Crippen molar-refractivity contribution in [1.29, 1.82) is 0 Å². The van der Waals surface area contributed by atoms with Crippen molar-refractivity contribution in [2.45, 2.75) is 65.5 Å². The number of carbonyl (C=O) groups is 1. The van der Waals surface area contributed by atoms with E-state index in [1.165, 1.54) is 12.1 Å². The van der Waals surface area contributed by atoms with E-state index in [-0.39, 0.29) is 25.1 Å². The quantitative estimate of drug-likeness (QED) is 0.201. The Morgan fingerprint density at radius 1 is 1.11 bits per heavy atom. The molecule has 0 radical (unpaired) electrons. The molecule has 2 aliphatic rings. The lowest BCUT2D eigenvalue weighted by Gasteiger charge is -2.32. The molecule has 0 bridgehead atoms. The largest absolute Gasteiger partial charge is 0.545 e. The topological polar surface area (TPSA) is 134 Å². The highest BCUT2D eigenvalue weighted by atomic mass is 35.5. The summed E-state index contributed by atoms with van der Waals surface area (Å²) in [4.78, 5) is 23.3. The van der Waals surface area contributed by atoms with Crippen LogP contribution < -0.4 is 20.7 Å². The van der Waals surface area contributed by atoms with Crippen LogP contribution in [0.25, 0.3) is 11.0 Å². The van der Waals surface area contributed by atoms with E-state index >= 15 is 0 Å². The lowest BCUT2D eigenvalue weighted by Crippen LogP contribution is -2.34. The Kier molecular flexibility index (Phi) is 9.63. The monoisotopic (exact) mass is 662 g/mol. The number of hydrogen-bond donors (Lipinski definition) is 1. The third-order valence-corrected chi connectivity index (χ3v) is 9.18. The number of quaternary nitrogens is 1. The van der Waals surface area contributed by atoms with Crippen LogP contribution in [0.1, 0.15) is 73.0 Å². The molecule has 47 heavy (non-hydrogen) atoms. The van der Waals surface area contributed by atoms with Crippen molar-refractivity contribution in [3.8, 4) is 11.5 Å². The van der Waals surface area contributed by atoms with E-state index in [0.717, 1.165) is 60.6 Å². The number of likely N-dealkylation sites (tertiary alicyclic amines) is 1. The number of fused-ring (bicyclic) bond motifs is 2. The third-order valence-electron chi connectivity index (χ3n) is 8.95. The van der Waals surface area contributed by atoms with E-state index in [2.05, 4.69) is 32.0 Å². The number of aryl methyl sites for hydroxylation is 1. The maximum Gasteiger partial charge on any atom is 0.278 e. The Labute approximate surface area is 278 Å². The highest BCUT2D eigenvalue weighted by Crippen LogP contribution is 2.49. The number of ether oxygens (including phenoxy) is 2. The molecule has 0 aliphatic carbocycles. The molecule has 0 amide bonds. The Balaban J connectivity index is 0.00000217. The predicted octanol–water partition coefficient (Wildman–Crippen LogP) is 6.49. The van der Waals surface area contributed by atoms with E-state index < -0.39 is 17.6 Å². The van der Waals surface area contributed by atoms with Gasteiger partial charge in [-0.1, -0.05) is 37.2 Å². The molecule has 1 unspecified atom stereocenters. The van der Waals surface area contributed by atoms with E-state index in [1.54, 1.807) is 37.5 Å². The van der Waals surface area contributed by atoms with Crippen LogP contribution in [0.3, 0.4) is 0 Å². The van der Waals surface area contributed by atoms with Gasteiger partial charge in [-0.25, -0.2) is 14.4 Å². The molecule has 2 aliphatic heterocycles. The summed E-state index contributed by atoms with van der Waals surface area (Å²) in [5.74, 6) is -0.632. The summed E-state index contributed by atoms with van der Waals surface area (Å²) in [5.41, 5.74) is 3.98. The fraction of sp³-hybridized carbons (Fsp3) is 0.343. The molecule has 0 saturated carbocycles. The molecule has 3 aromatic carbocycles. The van der Waals surface area contributed by atoms with Gasteiger partial charge in [0.15, 0.2) is 11.5 Å². The van der Waals surface area contributed by atoms with Crippen LogP contribution in [0.4, 0.5) is 4.39 Å². The second-order valence-electron chi connectivity index (χ2n) is 11.8. The number of aromatic carboxylic acids is 1. The smallest absolute Gasteiger partial charge is 0.278 e. The number of hydrogen-bond acceptors (Lipinski definition) is 7. The normalized spacial score (nSPS) is 17.8. The van der Waals surface area contributed by atoms with E-state index in [4.69, 9.17) is 26.1 Å². The van der Waals surface area contributed by atoms with Gasteiger partial charge in [0.05, 0.1) is 47.7 Å². The first-order chi connectivity index (χ1) is 21.7. The van der Waals surface area contributed by atoms with Crippen molar-refractivity contribution in [2.75, 3.05) is 13.1 Å². The average molecular weight is 663 g/mol. The molecule has 248 valence electrons. The number of carbonyl (C=O) groups excluding carboxylic acids is 1. The number of halogens is 2. The molecule has 5 aromatic rings. The number of rotatable bonds is 8. The number of nitrogens with zero attached hydrogens (tertiary/aromatic N) is 5. The molecule has 4 N–H and O–H groups in total. The van der Waals surface area contributed by atoms with Gasteiger partial charge in [0.2, 0.25) is 0 Å². The van der Waals surface area contributed by atoms with Crippen LogP contribution >= 0.6 is 11.6 Å². The van der Waals surface area contributed by atoms with Gasteiger partial charge in [-0.15, -0.1) is 0 Å². The van der Waals surface area contributed by atoms with Crippen molar-refractivity contribution in [1.82, 2.24) is 30.2 Å². The molecule has 7 rings (SSSR count). The predicted molar refractivity (Wildman–Crippen MR) is 177 cm³/mol. The minimum absolute atomic E-state index is 0. The van der Waals surface area contributed by atoms with Crippen molar-refractivity contribution >= 4 is 28.6 Å². The Hall–Kier alpha value is -4.45. The molecule has 1 fully saturated rings. The molecule has 1 atom stereocenters. The summed E-state index contributed by atoms with van der Waals surface area (Å²) in [7, 11) is 0. The van der Waals surface area contributed by atoms with E-state index in [9.17, 15) is 14.3 Å². The van der Waals surface area contributed by atoms with Crippen LogP contribution in [-0.2, 0) is 25.4 Å². The van der Waals surface area contributed by atoms with E-state index in [1.807, 2.05) is 18.3 Å². The van der Waals surface area contributed by atoms with Gasteiger partial charge in [-0.05, 0) is 80.7 Å². The maximum absolute atomic E-state index is 14.9. The van der Waals surface area contributed by atoms with Crippen LogP contribution in [0, 0.1) is 5.82 Å². The third kappa shape index (κ3) is 6.30. The van der Waals surface area contributed by atoms with Gasteiger partial charge in [0.25, 0.3) is 5.79 Å². The standard InChI is InChI=1S/C34H33ClFN5O4.CH4.H3N/c1-3-40-20-37-17-24(40)18-41-29-15-22(33(42)43)7-10-28(29)38-31(41)19-39-13-11-21(12-14-39)25-5-4-6-30-32(25)45-34(2,44-30)26-9-8-23(35)16-27(26)36;;/h4-10,15-17,20-21H,3,11-14,18-19H2,1-2H3,(H,42,43);1H4;1H3. The highest BCUT2D eigenvalue weighted by molar-refractivity contribution is 6.30. The number of aromatic nitrogens is 4. The first-order valence-corrected chi connectivity index (χ1v) is 15.5. The molecule has 10 nitrogen and oxygen atoms in total. The molecular formula is C35H40ClFN6O4. The zero-order valence-corrected chi connectivity index (χ0v) is 26.8. The van der Waals surface area contributed by atoms with Crippen LogP contribution in [0.15, 0.2) is 67.1 Å². The zero-order chi connectivity index (χ0) is 31.3. The van der Waals surface area contributed by atoms with Gasteiger partial charge in [-0.2, -0.15) is 0 Å². The van der Waals surface area contributed by atoms with Crippen molar-refractivity contribution in [3.63, 3.8) is 0 Å². The Bertz CT molecular complexity index is 1920. The van der Waals surface area contributed by atoms with Gasteiger partial charge in [0.1, 0.15) is 11.6 Å². The van der Waals surface area contributed by atoms with Gasteiger partial charge < -0.3 is 34.7 Å². The second kappa shape index (κ2) is 13.3. The number of carboxylic acids is 1. The molecule has 4 heterocycles. The summed E-state index contributed by atoms with van der Waals surface area (Å²) in [6.45, 7) is 7.36. The SMILES string of the molecule is C.CCn1cncc1Cn1c(CN2CCC(c3cccc4c3OC(C)(c3ccc(Cl)cc3F)O4)CC2)nc2ccc(C(=O)[O-])cc21.[NH4+]. The first-order valence-electron chi connectivity index (χ1n) is 15.1. The second-order valence-corrected chi connectivity index (χ2v) is 12.2. The first kappa shape index (κ1) is 33.9. The molecular weight excluding hydrogens is 623 g/mol. The summed E-state index contributed by atoms with van der Waals surface area (Å²) < 4.78 is 31.6. The lowest BCUT2D eigenvalue weighted by molar-refractivity contribution is -0.255. The number of piperidine rings is 1. The molecule has 2 aromatic heterocycles. The minimum atomic E-state index is -1.30. The van der Waals surface area contributed by atoms with Crippen LogP contribution in [-0.4, -0.2) is 43.1 Å². The van der Waals surface area contributed by atoms with Gasteiger partial charge in [-0.3, -0.25) is 4.90 Å². The summed E-state index contributed by atoms with van der Waals surface area (Å²) in [5, 5.41) is 12.0. The number of benzene rings is 3. The fourth-order valence-corrected chi connectivity index (χ4v) is 6.72. The van der Waals surface area contributed by atoms with Crippen molar-refractivity contribution < 1.29 is 23.8 Å². The molecule has 1 saturated heterocycles. The number of carboxylic acid groups (broad SMARTS) is 1. The lowest BCUT2D eigenvalue weighted by atomic mass is 9.88. The number of para-hydroxylation sites is 1. The average Bonchev–Trinajstić information content (AvgIpc) is 3.72. The van der Waals surface area contributed by atoms with Gasteiger partial charge in [0, 0.05) is 30.3 Å². The minimum Gasteiger partial charge on any atom is -0.545 e. The summed E-state index contributed by atoms with van der Waals surface area (Å²) >= 11 is 5.98. The Morgan fingerprint density at radius 3 is 2.62 bits per heavy atom. The van der Waals surface area contributed by atoms with Crippen LogP contribution in [0.5, 0.6) is 11.5 Å². The zero-order valence-electron chi connectivity index (χ0n) is 26.0. The highest BCUT2D eigenvalue weighted by Gasteiger charge is 2.43. The summed E-state index contributed by atoms with van der Waals surface area (Å²) in [6.07, 6.45) is 5.42. The maximum atomic E-state index is 14.9. The van der Waals surface area contributed by atoms with E-state index in [0.29, 0.717) is 35.2 Å². The van der Waals surface area contributed by atoms with Gasteiger partial charge >= 0.3 is 0 Å². The fourth-order valence-electron chi connectivity index (χ4n) is 6.56. The van der Waals surface area contributed by atoms with Crippen LogP contribution in [0.2, 0.25) is 5.02 Å².